The Kier molecular flexibility index (Phi) is 5.08. The molecule has 2 aromatic carbocycles. The van der Waals surface area contributed by atoms with Gasteiger partial charge in [0.05, 0.1) is 0 Å². The predicted octanol–water partition coefficient (Wildman–Crippen LogP) is 3.52. The van der Waals surface area contributed by atoms with Crippen molar-refractivity contribution in [2.75, 3.05) is 5.32 Å². The second-order valence-electron chi connectivity index (χ2n) is 6.09. The fraction of sp³-hybridized carbons (Fsp3) is 0.0952. The van der Waals surface area contributed by atoms with E-state index in [-0.39, 0.29) is 11.6 Å². The van der Waals surface area contributed by atoms with Gasteiger partial charge in [0, 0.05) is 29.4 Å². The van der Waals surface area contributed by atoms with Crippen LogP contribution in [0.1, 0.15) is 32.6 Å². The first-order valence-corrected chi connectivity index (χ1v) is 8.27. The van der Waals surface area contributed by atoms with Crippen LogP contribution in [0.2, 0.25) is 0 Å². The van der Waals surface area contributed by atoms with Gasteiger partial charge >= 0.3 is 0 Å². The number of nitrogen functional groups attached to an aromatic ring is 1. The molecule has 0 radical (unpaired) electrons. The molecule has 0 spiro atoms. The Morgan fingerprint density at radius 2 is 1.77 bits per heavy atom. The summed E-state index contributed by atoms with van der Waals surface area (Å²) < 4.78 is 0. The minimum atomic E-state index is -0.0232. The molecule has 1 heterocycles. The maximum Gasteiger partial charge on any atom is 0.193 e. The van der Waals surface area contributed by atoms with E-state index in [0.29, 0.717) is 29.1 Å². The van der Waals surface area contributed by atoms with Crippen molar-refractivity contribution in [2.45, 2.75) is 13.5 Å². The number of ketones is 1. The zero-order chi connectivity index (χ0) is 18.5. The summed E-state index contributed by atoms with van der Waals surface area (Å²) in [5.74, 6) is 0.664. The topological polar surface area (TPSA) is 91.9 Å². The smallest absolute Gasteiger partial charge is 0.193 e. The lowest BCUT2D eigenvalue weighted by atomic mass is 10.0. The third kappa shape index (κ3) is 4.13. The third-order valence-corrected chi connectivity index (χ3v) is 4.04. The van der Waals surface area contributed by atoms with Crippen molar-refractivity contribution in [3.05, 3.63) is 94.7 Å². The first-order valence-electron chi connectivity index (χ1n) is 8.27. The number of aromatic nitrogens is 1. The molecular formula is C21H20N4O. The molecule has 3 rings (SSSR count). The van der Waals surface area contributed by atoms with E-state index in [1.165, 1.54) is 0 Å². The molecule has 0 saturated heterocycles. The lowest BCUT2D eigenvalue weighted by molar-refractivity contribution is 0.103. The van der Waals surface area contributed by atoms with Crippen LogP contribution in [0.4, 0.5) is 5.82 Å². The maximum atomic E-state index is 12.6. The summed E-state index contributed by atoms with van der Waals surface area (Å²) in [4.78, 5) is 16.9. The summed E-state index contributed by atoms with van der Waals surface area (Å²) in [6.07, 6.45) is 1.63. The molecule has 1 aromatic heterocycles. The molecule has 0 aliphatic heterocycles. The van der Waals surface area contributed by atoms with Gasteiger partial charge < -0.3 is 11.1 Å². The number of nitrogens with two attached hydrogens (primary N) is 1. The summed E-state index contributed by atoms with van der Waals surface area (Å²) >= 11 is 0. The van der Waals surface area contributed by atoms with E-state index in [2.05, 4.69) is 10.3 Å². The van der Waals surface area contributed by atoms with Crippen molar-refractivity contribution in [3.8, 4) is 0 Å². The van der Waals surface area contributed by atoms with Crippen LogP contribution in [0.25, 0.3) is 0 Å². The molecule has 130 valence electrons. The van der Waals surface area contributed by atoms with E-state index in [4.69, 9.17) is 11.1 Å². The summed E-state index contributed by atoms with van der Waals surface area (Å²) in [7, 11) is 0. The molecule has 0 atom stereocenters. The molecule has 3 aromatic rings. The average molecular weight is 344 g/mol. The number of hydrogen-bond acceptors (Lipinski definition) is 4. The highest BCUT2D eigenvalue weighted by Crippen LogP contribution is 2.15. The van der Waals surface area contributed by atoms with Gasteiger partial charge in [-0.25, -0.2) is 4.98 Å². The van der Waals surface area contributed by atoms with Crippen LogP contribution in [-0.2, 0) is 6.54 Å². The normalized spacial score (nSPS) is 10.3. The number of aryl methyl sites for hydroxylation is 1. The molecule has 0 bridgehead atoms. The largest absolute Gasteiger partial charge is 0.384 e. The van der Waals surface area contributed by atoms with Crippen LogP contribution in [0.15, 0.2) is 66.9 Å². The molecule has 0 amide bonds. The van der Waals surface area contributed by atoms with Crippen molar-refractivity contribution in [2.24, 2.45) is 5.73 Å². The molecule has 0 aliphatic rings. The van der Waals surface area contributed by atoms with Gasteiger partial charge in [0.15, 0.2) is 5.78 Å². The van der Waals surface area contributed by atoms with E-state index in [9.17, 15) is 4.79 Å². The Bertz CT molecular complexity index is 948. The molecule has 5 nitrogen and oxygen atoms in total. The number of carbonyl (C=O) groups excluding carboxylic acids is 1. The number of hydrogen-bond donors (Lipinski definition) is 3. The molecule has 0 saturated carbocycles. The van der Waals surface area contributed by atoms with Gasteiger partial charge in [-0.05, 0) is 30.7 Å². The van der Waals surface area contributed by atoms with Gasteiger partial charge in [0.2, 0.25) is 0 Å². The molecule has 4 N–H and O–H groups in total. The van der Waals surface area contributed by atoms with Crippen molar-refractivity contribution >= 4 is 17.4 Å². The predicted molar refractivity (Wildman–Crippen MR) is 104 cm³/mol. The molecule has 0 unspecified atom stereocenters. The summed E-state index contributed by atoms with van der Waals surface area (Å²) in [5.41, 5.74) is 9.50. The first-order chi connectivity index (χ1) is 12.5. The van der Waals surface area contributed by atoms with Gasteiger partial charge in [-0.15, -0.1) is 0 Å². The standard InChI is InChI=1S/C21H20N4O/c1-14-3-2-4-17(11-14)20(26)18-9-10-24-19(12-18)25-13-15-5-7-16(8-6-15)21(22)23/h2-12H,13H2,1H3,(H3,22,23)(H,24,25). The number of amidine groups is 1. The Balaban J connectivity index is 1.71. The zero-order valence-corrected chi connectivity index (χ0v) is 14.5. The van der Waals surface area contributed by atoms with Crippen molar-refractivity contribution in [1.29, 1.82) is 5.41 Å². The first kappa shape index (κ1) is 17.4. The number of nitrogens with zero attached hydrogens (tertiary/aromatic N) is 1. The minimum absolute atomic E-state index is 0.0232. The number of carbonyl (C=O) groups is 1. The van der Waals surface area contributed by atoms with E-state index in [0.717, 1.165) is 11.1 Å². The fourth-order valence-electron chi connectivity index (χ4n) is 2.62. The Morgan fingerprint density at radius 3 is 2.46 bits per heavy atom. The van der Waals surface area contributed by atoms with Crippen molar-refractivity contribution < 1.29 is 4.79 Å². The fourth-order valence-corrected chi connectivity index (χ4v) is 2.62. The maximum absolute atomic E-state index is 12.6. The summed E-state index contributed by atoms with van der Waals surface area (Å²) in [5, 5.41) is 10.6. The number of anilines is 1. The Labute approximate surface area is 152 Å². The van der Waals surface area contributed by atoms with Crippen LogP contribution in [0.3, 0.4) is 0 Å². The van der Waals surface area contributed by atoms with Crippen LogP contribution < -0.4 is 11.1 Å². The van der Waals surface area contributed by atoms with Crippen molar-refractivity contribution in [3.63, 3.8) is 0 Å². The highest BCUT2D eigenvalue weighted by Gasteiger charge is 2.10. The second-order valence-corrected chi connectivity index (χ2v) is 6.09. The van der Waals surface area contributed by atoms with E-state index < -0.39 is 0 Å². The SMILES string of the molecule is Cc1cccc(C(=O)c2ccnc(NCc3ccc(C(=N)N)cc3)c2)c1. The second kappa shape index (κ2) is 7.61. The highest BCUT2D eigenvalue weighted by atomic mass is 16.1. The Morgan fingerprint density at radius 1 is 1.04 bits per heavy atom. The van der Waals surface area contributed by atoms with Crippen LogP contribution >= 0.6 is 0 Å². The molecule has 0 fully saturated rings. The summed E-state index contributed by atoms with van der Waals surface area (Å²) in [6, 6.07) is 18.5. The lowest BCUT2D eigenvalue weighted by Gasteiger charge is -2.08. The summed E-state index contributed by atoms with van der Waals surface area (Å²) in [6.45, 7) is 2.53. The van der Waals surface area contributed by atoms with Gasteiger partial charge in [0.1, 0.15) is 11.7 Å². The van der Waals surface area contributed by atoms with Crippen LogP contribution in [0, 0.1) is 12.3 Å². The molecule has 5 heteroatoms. The van der Waals surface area contributed by atoms with Crippen molar-refractivity contribution in [1.82, 2.24) is 4.98 Å². The van der Waals surface area contributed by atoms with Crippen LogP contribution in [-0.4, -0.2) is 16.6 Å². The molecular weight excluding hydrogens is 324 g/mol. The lowest BCUT2D eigenvalue weighted by Crippen LogP contribution is -2.11. The molecule has 0 aliphatic carbocycles. The zero-order valence-electron chi connectivity index (χ0n) is 14.5. The average Bonchev–Trinajstić information content (AvgIpc) is 2.66. The van der Waals surface area contributed by atoms with E-state index in [1.54, 1.807) is 18.3 Å². The number of benzene rings is 2. The number of pyridine rings is 1. The quantitative estimate of drug-likeness (QED) is 0.362. The highest BCUT2D eigenvalue weighted by molar-refractivity contribution is 6.09. The third-order valence-electron chi connectivity index (χ3n) is 4.04. The van der Waals surface area contributed by atoms with Gasteiger partial charge in [-0.3, -0.25) is 10.2 Å². The van der Waals surface area contributed by atoms with Gasteiger partial charge in [-0.2, -0.15) is 0 Å². The number of rotatable bonds is 6. The molecule has 26 heavy (non-hydrogen) atoms. The Hall–Kier alpha value is -3.47. The van der Waals surface area contributed by atoms with Gasteiger partial charge in [-0.1, -0.05) is 48.0 Å². The number of nitrogens with one attached hydrogen (secondary N) is 2. The van der Waals surface area contributed by atoms with E-state index in [1.807, 2.05) is 55.5 Å². The minimum Gasteiger partial charge on any atom is -0.384 e. The monoisotopic (exact) mass is 344 g/mol. The van der Waals surface area contributed by atoms with Gasteiger partial charge in [0.25, 0.3) is 0 Å². The van der Waals surface area contributed by atoms with E-state index >= 15 is 0 Å². The van der Waals surface area contributed by atoms with Crippen LogP contribution in [0.5, 0.6) is 0 Å².